The molecule has 1 unspecified atom stereocenters. The molecule has 1 aliphatic heterocycles. The molecule has 0 amide bonds. The number of halogens is 1. The minimum atomic E-state index is -0.131. The van der Waals surface area contributed by atoms with E-state index in [2.05, 4.69) is 24.1 Å². The average molecular weight is 250 g/mol. The molecular weight excluding hydrogens is 227 g/mol. The lowest BCUT2D eigenvalue weighted by atomic mass is 10.0. The number of piperidine rings is 1. The molecule has 2 rings (SSSR count). The number of aryl methyl sites for hydroxylation is 1. The van der Waals surface area contributed by atoms with Crippen LogP contribution in [0.25, 0.3) is 0 Å². The standard InChI is InChI=1S/C15H23FN2/c1-3-18(15-5-4-8-17-10-15)11-13-9-14(16)7-6-12(13)2/h6-7,9,15,17H,3-5,8,10-11H2,1-2H3. The molecule has 1 fully saturated rings. The summed E-state index contributed by atoms with van der Waals surface area (Å²) in [5, 5.41) is 3.45. The Morgan fingerprint density at radius 1 is 1.44 bits per heavy atom. The van der Waals surface area contributed by atoms with Gasteiger partial charge >= 0.3 is 0 Å². The number of likely N-dealkylation sites (N-methyl/N-ethyl adjacent to an activating group) is 1. The summed E-state index contributed by atoms with van der Waals surface area (Å²) in [6, 6.07) is 5.68. The SMILES string of the molecule is CCN(Cc1cc(F)ccc1C)C1CCCNC1. The van der Waals surface area contributed by atoms with Gasteiger partial charge in [0.05, 0.1) is 0 Å². The molecule has 0 bridgehead atoms. The van der Waals surface area contributed by atoms with Crippen LogP contribution >= 0.6 is 0 Å². The van der Waals surface area contributed by atoms with Gasteiger partial charge in [0.15, 0.2) is 0 Å². The Morgan fingerprint density at radius 2 is 2.28 bits per heavy atom. The van der Waals surface area contributed by atoms with Crippen molar-refractivity contribution < 1.29 is 4.39 Å². The number of benzene rings is 1. The topological polar surface area (TPSA) is 15.3 Å². The summed E-state index contributed by atoms with van der Waals surface area (Å²) < 4.78 is 13.3. The third-order valence-corrected chi connectivity index (χ3v) is 3.88. The maximum Gasteiger partial charge on any atom is 0.123 e. The molecule has 1 aromatic rings. The molecule has 0 spiro atoms. The van der Waals surface area contributed by atoms with Crippen LogP contribution in [-0.2, 0) is 6.54 Å². The first-order valence-electron chi connectivity index (χ1n) is 6.90. The molecule has 100 valence electrons. The van der Waals surface area contributed by atoms with Crippen molar-refractivity contribution >= 4 is 0 Å². The normalized spacial score (nSPS) is 20.3. The number of hydrogen-bond donors (Lipinski definition) is 1. The van der Waals surface area contributed by atoms with Crippen LogP contribution in [-0.4, -0.2) is 30.6 Å². The van der Waals surface area contributed by atoms with Gasteiger partial charge in [-0.3, -0.25) is 4.90 Å². The lowest BCUT2D eigenvalue weighted by molar-refractivity contribution is 0.165. The molecule has 1 N–H and O–H groups in total. The maximum atomic E-state index is 13.3. The second-order valence-electron chi connectivity index (χ2n) is 5.13. The Morgan fingerprint density at radius 3 is 2.94 bits per heavy atom. The predicted octanol–water partition coefficient (Wildman–Crippen LogP) is 2.71. The summed E-state index contributed by atoms with van der Waals surface area (Å²) in [7, 11) is 0. The van der Waals surface area contributed by atoms with Crippen molar-refractivity contribution in [1.29, 1.82) is 0 Å². The van der Waals surface area contributed by atoms with Gasteiger partial charge in [-0.1, -0.05) is 13.0 Å². The van der Waals surface area contributed by atoms with E-state index in [9.17, 15) is 4.39 Å². The van der Waals surface area contributed by atoms with E-state index in [1.807, 2.05) is 6.07 Å². The zero-order chi connectivity index (χ0) is 13.0. The highest BCUT2D eigenvalue weighted by Crippen LogP contribution is 2.17. The van der Waals surface area contributed by atoms with Gasteiger partial charge in [-0.2, -0.15) is 0 Å². The van der Waals surface area contributed by atoms with E-state index < -0.39 is 0 Å². The van der Waals surface area contributed by atoms with Gasteiger partial charge in [0.1, 0.15) is 5.82 Å². The van der Waals surface area contributed by atoms with Crippen LogP contribution < -0.4 is 5.32 Å². The van der Waals surface area contributed by atoms with Crippen molar-refractivity contribution in [3.05, 3.63) is 35.1 Å². The summed E-state index contributed by atoms with van der Waals surface area (Å²) in [4.78, 5) is 2.45. The Hall–Kier alpha value is -0.930. The number of nitrogens with one attached hydrogen (secondary N) is 1. The zero-order valence-electron chi connectivity index (χ0n) is 11.4. The van der Waals surface area contributed by atoms with Crippen molar-refractivity contribution in [2.75, 3.05) is 19.6 Å². The molecule has 18 heavy (non-hydrogen) atoms. The summed E-state index contributed by atoms with van der Waals surface area (Å²) >= 11 is 0. The van der Waals surface area contributed by atoms with Crippen LogP contribution in [0.3, 0.4) is 0 Å². The molecule has 1 aliphatic rings. The first-order valence-corrected chi connectivity index (χ1v) is 6.90. The van der Waals surface area contributed by atoms with E-state index in [1.165, 1.54) is 24.5 Å². The fourth-order valence-corrected chi connectivity index (χ4v) is 2.67. The van der Waals surface area contributed by atoms with Crippen LogP contribution in [0.15, 0.2) is 18.2 Å². The highest BCUT2D eigenvalue weighted by Gasteiger charge is 2.20. The summed E-state index contributed by atoms with van der Waals surface area (Å²) in [6.07, 6.45) is 2.48. The molecule has 1 aromatic carbocycles. The van der Waals surface area contributed by atoms with Gasteiger partial charge in [-0.05, 0) is 56.1 Å². The van der Waals surface area contributed by atoms with Crippen LogP contribution in [0.1, 0.15) is 30.9 Å². The molecule has 3 heteroatoms. The van der Waals surface area contributed by atoms with Crippen LogP contribution in [0.4, 0.5) is 4.39 Å². The average Bonchev–Trinajstić information content (AvgIpc) is 2.41. The monoisotopic (exact) mass is 250 g/mol. The third-order valence-electron chi connectivity index (χ3n) is 3.88. The molecule has 2 nitrogen and oxygen atoms in total. The van der Waals surface area contributed by atoms with Gasteiger partial charge in [0, 0.05) is 19.1 Å². The summed E-state index contributed by atoms with van der Waals surface area (Å²) in [5.41, 5.74) is 2.29. The molecule has 0 aromatic heterocycles. The highest BCUT2D eigenvalue weighted by atomic mass is 19.1. The first kappa shape index (κ1) is 13.5. The van der Waals surface area contributed by atoms with Crippen molar-refractivity contribution in [2.45, 2.75) is 39.3 Å². The van der Waals surface area contributed by atoms with Crippen molar-refractivity contribution in [2.24, 2.45) is 0 Å². The number of nitrogens with zero attached hydrogens (tertiary/aromatic N) is 1. The second-order valence-corrected chi connectivity index (χ2v) is 5.13. The van der Waals surface area contributed by atoms with Crippen LogP contribution in [0, 0.1) is 12.7 Å². The van der Waals surface area contributed by atoms with Gasteiger partial charge < -0.3 is 5.32 Å². The van der Waals surface area contributed by atoms with Gasteiger partial charge in [0.25, 0.3) is 0 Å². The molecule has 0 saturated carbocycles. The smallest absolute Gasteiger partial charge is 0.123 e. The van der Waals surface area contributed by atoms with E-state index in [4.69, 9.17) is 0 Å². The van der Waals surface area contributed by atoms with Crippen molar-refractivity contribution in [3.8, 4) is 0 Å². The van der Waals surface area contributed by atoms with E-state index in [-0.39, 0.29) is 5.82 Å². The lowest BCUT2D eigenvalue weighted by Gasteiger charge is -2.34. The van der Waals surface area contributed by atoms with E-state index in [1.54, 1.807) is 6.07 Å². The summed E-state index contributed by atoms with van der Waals surface area (Å²) in [6.45, 7) is 8.30. The Bertz CT molecular complexity index is 386. The van der Waals surface area contributed by atoms with Crippen molar-refractivity contribution in [3.63, 3.8) is 0 Å². The summed E-state index contributed by atoms with van der Waals surface area (Å²) in [5.74, 6) is -0.131. The molecule has 1 saturated heterocycles. The van der Waals surface area contributed by atoms with Gasteiger partial charge in [-0.25, -0.2) is 4.39 Å². The van der Waals surface area contributed by atoms with E-state index in [0.29, 0.717) is 6.04 Å². The Kier molecular flexibility index (Phi) is 4.72. The zero-order valence-corrected chi connectivity index (χ0v) is 11.4. The van der Waals surface area contributed by atoms with Crippen molar-refractivity contribution in [1.82, 2.24) is 10.2 Å². The van der Waals surface area contributed by atoms with Gasteiger partial charge in [-0.15, -0.1) is 0 Å². The van der Waals surface area contributed by atoms with Crippen LogP contribution in [0.5, 0.6) is 0 Å². The Balaban J connectivity index is 2.06. The molecular formula is C15H23FN2. The fraction of sp³-hybridized carbons (Fsp3) is 0.600. The lowest BCUT2D eigenvalue weighted by Crippen LogP contribution is -2.45. The van der Waals surface area contributed by atoms with Gasteiger partial charge in [0.2, 0.25) is 0 Å². The maximum absolute atomic E-state index is 13.3. The largest absolute Gasteiger partial charge is 0.315 e. The number of rotatable bonds is 4. The first-order chi connectivity index (χ1) is 8.70. The van der Waals surface area contributed by atoms with E-state index >= 15 is 0 Å². The molecule has 1 heterocycles. The number of hydrogen-bond acceptors (Lipinski definition) is 2. The Labute approximate surface area is 109 Å². The fourth-order valence-electron chi connectivity index (χ4n) is 2.67. The quantitative estimate of drug-likeness (QED) is 0.884. The highest BCUT2D eigenvalue weighted by molar-refractivity contribution is 5.26. The molecule has 0 radical (unpaired) electrons. The molecule has 1 atom stereocenters. The predicted molar refractivity (Wildman–Crippen MR) is 73.1 cm³/mol. The third kappa shape index (κ3) is 3.30. The van der Waals surface area contributed by atoms with E-state index in [0.717, 1.165) is 31.7 Å². The minimum Gasteiger partial charge on any atom is -0.315 e. The minimum absolute atomic E-state index is 0.131. The second kappa shape index (κ2) is 6.30. The molecule has 0 aliphatic carbocycles. The van der Waals surface area contributed by atoms with Crippen LogP contribution in [0.2, 0.25) is 0 Å².